The molecule has 12 aromatic rings. The third-order valence-corrected chi connectivity index (χ3v) is 23.9. The number of Topliss-reactive ketones (excluding diaryl/α,β-unsaturated/α-hetero) is 3. The molecule has 0 unspecified atom stereocenters. The van der Waals surface area contributed by atoms with Crippen molar-refractivity contribution in [2.45, 2.75) is 130 Å². The first kappa shape index (κ1) is 97.5. The van der Waals surface area contributed by atoms with Gasteiger partial charge in [-0.3, -0.25) is 14.4 Å². The van der Waals surface area contributed by atoms with Crippen molar-refractivity contribution in [2.24, 2.45) is 0 Å². The molecule has 26 heteroatoms. The van der Waals surface area contributed by atoms with Crippen LogP contribution in [0.15, 0.2) is 237 Å². The van der Waals surface area contributed by atoms with Gasteiger partial charge >= 0.3 is 19.3 Å². The van der Waals surface area contributed by atoms with Crippen LogP contribution in [-0.4, -0.2) is 122 Å². The van der Waals surface area contributed by atoms with E-state index in [1.807, 2.05) is 181 Å². The highest BCUT2D eigenvalue weighted by Gasteiger charge is 2.29. The molecule has 6 N–H and O–H groups in total. The van der Waals surface area contributed by atoms with Crippen molar-refractivity contribution in [3.8, 4) is 56.8 Å². The first-order valence-electron chi connectivity index (χ1n) is 42.2. The molecule has 129 heavy (non-hydrogen) atoms. The lowest BCUT2D eigenvalue weighted by Crippen LogP contribution is -2.38. The summed E-state index contributed by atoms with van der Waals surface area (Å²) < 4.78 is 30.6. The van der Waals surface area contributed by atoms with E-state index in [1.54, 1.807) is 52.3 Å². The number of carbonyl (C=O) groups excluding carboxylic acids is 5. The molecule has 0 atom stereocenters. The van der Waals surface area contributed by atoms with Crippen molar-refractivity contribution in [3.05, 3.63) is 354 Å². The van der Waals surface area contributed by atoms with Gasteiger partial charge in [-0.1, -0.05) is 227 Å². The molecule has 668 valence electrons. The Kier molecular flexibility index (Phi) is 34.2. The number of phenols is 3. The highest BCUT2D eigenvalue weighted by atomic mass is 127. The molecule has 0 fully saturated rings. The number of halogens is 7. The predicted molar refractivity (Wildman–Crippen MR) is 521 cm³/mol. The van der Waals surface area contributed by atoms with Crippen molar-refractivity contribution < 1.29 is 73.0 Å². The van der Waals surface area contributed by atoms with Crippen LogP contribution in [0.3, 0.4) is 0 Å². The van der Waals surface area contributed by atoms with Crippen LogP contribution in [0.5, 0.6) is 34.5 Å². The fourth-order valence-corrected chi connectivity index (χ4v) is 16.8. The number of hydrogen-bond acceptors (Lipinski definition) is 16. The second kappa shape index (κ2) is 45.3. The first-order chi connectivity index (χ1) is 61.6. The first-order valence-corrected chi connectivity index (χ1v) is 45.6. The van der Waals surface area contributed by atoms with Gasteiger partial charge in [0.1, 0.15) is 48.3 Å². The molecule has 0 bridgehead atoms. The number of aromatic hydroxyl groups is 3. The number of ether oxygens (including phenoxy) is 5. The third kappa shape index (κ3) is 28.0. The zero-order valence-electron chi connectivity index (χ0n) is 72.2. The molecule has 0 aliphatic carbocycles. The molecule has 0 saturated carbocycles. The molecule has 15 rings (SSSR count). The number of rotatable bonds is 21. The summed E-state index contributed by atoms with van der Waals surface area (Å²) >= 11 is 37.9. The summed E-state index contributed by atoms with van der Waals surface area (Å²) in [6.45, 7) is 16.6. The van der Waals surface area contributed by atoms with Crippen molar-refractivity contribution in [2.75, 3.05) is 39.3 Å². The predicted octanol–water partition coefficient (Wildman–Crippen LogP) is 22.8. The topological polar surface area (TPSA) is 251 Å². The summed E-state index contributed by atoms with van der Waals surface area (Å²) in [6, 6.07) is 73.8. The lowest BCUT2D eigenvalue weighted by molar-refractivity contribution is 0.0248. The lowest BCUT2D eigenvalue weighted by Gasteiger charge is -2.26. The molecular weight excluding hydrogens is 1870 g/mol. The summed E-state index contributed by atoms with van der Waals surface area (Å²) in [5.74, 6) is 0.886. The Bertz CT molecular complexity index is 5950. The Morgan fingerprint density at radius 2 is 0.659 bits per heavy atom. The van der Waals surface area contributed by atoms with Gasteiger partial charge in [-0.15, -0.1) is 0 Å². The van der Waals surface area contributed by atoms with E-state index in [0.717, 1.165) is 104 Å². The zero-order chi connectivity index (χ0) is 92.2. The second-order valence-corrected chi connectivity index (χ2v) is 37.2. The Morgan fingerprint density at radius 1 is 0.357 bits per heavy atom. The molecule has 3 aliphatic rings. The van der Waals surface area contributed by atoms with Crippen LogP contribution in [0.4, 0.5) is 9.59 Å². The third-order valence-electron chi connectivity index (χ3n) is 21.5. The minimum Gasteiger partial charge on any atom is -0.505 e. The van der Waals surface area contributed by atoms with E-state index in [1.165, 1.54) is 39.9 Å². The Balaban J connectivity index is 0.000000165. The van der Waals surface area contributed by atoms with E-state index >= 15 is 0 Å². The normalized spacial score (nSPS) is 12.9. The summed E-state index contributed by atoms with van der Waals surface area (Å²) in [5.41, 5.74) is 16.9. The van der Waals surface area contributed by atoms with Gasteiger partial charge in [0.2, 0.25) is 0 Å². The van der Waals surface area contributed by atoms with E-state index in [4.69, 9.17) is 108 Å². The molecular formula is C103H99BCl6IN3O15. The Morgan fingerprint density at radius 3 is 1.00 bits per heavy atom. The van der Waals surface area contributed by atoms with Gasteiger partial charge in [0, 0.05) is 49.0 Å². The number of fused-ring (bicyclic) bond motifs is 3. The summed E-state index contributed by atoms with van der Waals surface area (Å²) in [6.07, 6.45) is 5.12. The van der Waals surface area contributed by atoms with Gasteiger partial charge < -0.3 is 64.2 Å². The fourth-order valence-electron chi connectivity index (χ4n) is 14.8. The van der Waals surface area contributed by atoms with Crippen LogP contribution in [0.25, 0.3) is 22.3 Å². The van der Waals surface area contributed by atoms with Crippen molar-refractivity contribution in [1.82, 2.24) is 15.1 Å². The minimum absolute atomic E-state index is 0.00870. The van der Waals surface area contributed by atoms with Crippen molar-refractivity contribution in [1.29, 1.82) is 0 Å². The number of nitrogens with zero attached hydrogens (tertiary/aromatic N) is 2. The van der Waals surface area contributed by atoms with Crippen LogP contribution in [-0.2, 0) is 87.1 Å². The maximum Gasteiger partial charge on any atom is 0.488 e. The molecule has 12 aromatic carbocycles. The highest BCUT2D eigenvalue weighted by Crippen LogP contribution is 2.41. The van der Waals surface area contributed by atoms with Crippen LogP contribution < -0.4 is 25.0 Å². The van der Waals surface area contributed by atoms with E-state index in [9.17, 15) is 34.2 Å². The van der Waals surface area contributed by atoms with Gasteiger partial charge in [0.05, 0.1) is 46.8 Å². The summed E-state index contributed by atoms with van der Waals surface area (Å²) in [4.78, 5) is 69.3. The molecule has 0 saturated heterocycles. The molecule has 0 radical (unpaired) electrons. The van der Waals surface area contributed by atoms with Gasteiger partial charge in [-0.25, -0.2) is 9.59 Å². The molecule has 0 spiro atoms. The number of phenolic OH excluding ortho intramolecular Hbond substituents is 3. The molecule has 3 heterocycles. The van der Waals surface area contributed by atoms with E-state index in [-0.39, 0.29) is 95.4 Å². The van der Waals surface area contributed by atoms with Crippen LogP contribution in [0.2, 0.25) is 30.1 Å². The SMILES string of the molecule is CC(C)(C)OC(=O)N1CCc2ccc(CC(=O)c3ccc(-c4cc(Cl)c(O)c(Cl)c4)cc3OCc3ccccc3)cc2CC1.CC(C)(C)OC(=O)N1CCc2ccc(CC(=O)c3ccc(I)cc3OCc3ccccc3)cc2CC1.O=C(Cc1ccc2c(c1)CCNCC2)c1ccc(-c2cc(Cl)c(O)c(Cl)c2)cc1OCc1ccccc1.OB(O)c1cc(Cl)c(O)c(Cl)c1. The van der Waals surface area contributed by atoms with E-state index in [2.05, 4.69) is 70.4 Å². The summed E-state index contributed by atoms with van der Waals surface area (Å²) in [7, 11) is -1.64. The van der Waals surface area contributed by atoms with Gasteiger partial charge in [-0.2, -0.15) is 0 Å². The van der Waals surface area contributed by atoms with E-state index < -0.39 is 18.3 Å². The second-order valence-electron chi connectivity index (χ2n) is 33.5. The van der Waals surface area contributed by atoms with Gasteiger partial charge in [-0.05, 0) is 289 Å². The standard InChI is InChI=1S/C36H35Cl2NO5.C31H27Cl2NO3.C30H32INO4.C6H5BCl2O3/c1-36(2,3)44-35(42)39-15-13-25-10-9-24(17-27(25)14-16-39)18-32(40)29-12-11-26(28-19-30(37)34(41)31(38)20-28)21-33(29)43-22-23-7-5-4-6-8-23;32-27-16-25(17-28(33)31(27)36)23-8-9-26(30(18-23)37-19-20-4-2-1-3-5-20)29(35)15-21-6-7-22-10-12-34-13-11-24(22)14-21;1-30(2,3)36-29(34)32-15-13-23-10-9-22(17-24(23)14-16-32)18-27(33)26-12-11-25(31)19-28(26)35-20-21-7-5-4-6-8-21;8-4-1-3(7(11)12)2-5(9)6(4)10/h4-12,17,19-21,41H,13-16,18,22H2,1-3H3;1-9,14,16-18,34,36H,10-13,15,19H2;4-12,17,19H,13-16,18,20H2,1-3H3;1-2,10-12H. The lowest BCUT2D eigenvalue weighted by atomic mass is 9.80. The molecule has 0 aromatic heterocycles. The van der Waals surface area contributed by atoms with Crippen LogP contribution in [0, 0.1) is 3.57 Å². The fraction of sp³-hybridized carbons (Fsp3) is 0.252. The largest absolute Gasteiger partial charge is 0.505 e. The molecule has 3 aliphatic heterocycles. The van der Waals surface area contributed by atoms with Crippen molar-refractivity contribution in [3.63, 3.8) is 0 Å². The average Bonchev–Trinajstić information content (AvgIpc) is 1.75. The quantitative estimate of drug-likeness (QED) is 0.0222. The van der Waals surface area contributed by atoms with Crippen LogP contribution >= 0.6 is 92.2 Å². The number of nitrogens with one attached hydrogen (secondary N) is 1. The maximum absolute atomic E-state index is 13.7. The number of hydrogen-bond donors (Lipinski definition) is 6. The molecule has 2 amide bonds. The van der Waals surface area contributed by atoms with Gasteiger partial charge in [0.25, 0.3) is 0 Å². The Labute approximate surface area is 796 Å². The maximum atomic E-state index is 13.7. The number of carbonyl (C=O) groups is 5. The van der Waals surface area contributed by atoms with Crippen molar-refractivity contribution >= 4 is 134 Å². The smallest absolute Gasteiger partial charge is 0.488 e. The number of ketones is 3. The number of benzene rings is 12. The van der Waals surface area contributed by atoms with Gasteiger partial charge in [0.15, 0.2) is 34.6 Å². The van der Waals surface area contributed by atoms with Crippen LogP contribution in [0.1, 0.15) is 139 Å². The zero-order valence-corrected chi connectivity index (χ0v) is 78.9. The average molecular weight is 1970 g/mol. The Hall–Kier alpha value is -10.6. The highest BCUT2D eigenvalue weighted by molar-refractivity contribution is 14.1. The van der Waals surface area contributed by atoms with E-state index in [0.29, 0.717) is 98.2 Å². The minimum atomic E-state index is -1.64. The molecule has 18 nitrogen and oxygen atoms in total. The monoisotopic (exact) mass is 1970 g/mol. The summed E-state index contributed by atoms with van der Waals surface area (Å²) in [5, 5.41) is 50.5. The number of amides is 2.